The molecule has 0 bridgehead atoms. The molecule has 1 amide bonds. The Kier molecular flexibility index (Phi) is 5.08. The number of hydrogen-bond acceptors (Lipinski definition) is 4. The molecule has 22 heavy (non-hydrogen) atoms. The van der Waals surface area contributed by atoms with Crippen molar-refractivity contribution in [2.45, 2.75) is 31.6 Å². The van der Waals surface area contributed by atoms with Gasteiger partial charge in [-0.25, -0.2) is 8.42 Å². The van der Waals surface area contributed by atoms with Gasteiger partial charge in [0.15, 0.2) is 0 Å². The second kappa shape index (κ2) is 6.66. The summed E-state index contributed by atoms with van der Waals surface area (Å²) in [5.74, 6) is -0.176. The topological polar surface area (TPSA) is 89.7 Å². The van der Waals surface area contributed by atoms with E-state index in [0.29, 0.717) is 31.7 Å². The maximum atomic E-state index is 12.7. The maximum Gasteiger partial charge on any atom is 0.243 e. The Labute approximate surface area is 131 Å². The molecule has 1 fully saturated rings. The zero-order chi connectivity index (χ0) is 16.3. The third-order valence-corrected chi connectivity index (χ3v) is 5.73. The average molecular weight is 326 g/mol. The van der Waals surface area contributed by atoms with Gasteiger partial charge in [-0.3, -0.25) is 4.79 Å². The number of ether oxygens (including phenoxy) is 1. The molecule has 2 N–H and O–H groups in total. The van der Waals surface area contributed by atoms with E-state index in [1.807, 2.05) is 13.8 Å². The lowest BCUT2D eigenvalue weighted by Gasteiger charge is -2.30. The number of sulfonamides is 1. The third kappa shape index (κ3) is 3.41. The summed E-state index contributed by atoms with van der Waals surface area (Å²) in [5, 5.41) is 0. The van der Waals surface area contributed by atoms with E-state index in [1.165, 1.54) is 4.31 Å². The van der Waals surface area contributed by atoms with Gasteiger partial charge in [-0.1, -0.05) is 0 Å². The van der Waals surface area contributed by atoms with E-state index < -0.39 is 21.8 Å². The van der Waals surface area contributed by atoms with Crippen LogP contribution in [0.2, 0.25) is 0 Å². The summed E-state index contributed by atoms with van der Waals surface area (Å²) in [6.07, 6.45) is 1.28. The van der Waals surface area contributed by atoms with Gasteiger partial charge in [0.1, 0.15) is 5.75 Å². The number of carbonyl (C=O) groups excluding carboxylic acids is 1. The Bertz CT molecular complexity index is 658. The minimum absolute atomic E-state index is 0.157. The van der Waals surface area contributed by atoms with Crippen LogP contribution in [0.5, 0.6) is 5.75 Å². The van der Waals surface area contributed by atoms with Crippen LogP contribution in [0, 0.1) is 12.8 Å². The number of amides is 1. The first kappa shape index (κ1) is 16.8. The molecule has 0 saturated carbocycles. The molecule has 0 spiro atoms. The number of nitrogens with two attached hydrogens (primary N) is 1. The number of piperidine rings is 1. The van der Waals surface area contributed by atoms with Crippen LogP contribution >= 0.6 is 0 Å². The molecule has 6 nitrogen and oxygen atoms in total. The average Bonchev–Trinajstić information content (AvgIpc) is 2.49. The molecule has 0 aliphatic carbocycles. The third-order valence-electron chi connectivity index (χ3n) is 3.87. The lowest BCUT2D eigenvalue weighted by molar-refractivity contribution is -0.122. The number of hydrogen-bond donors (Lipinski definition) is 1. The highest BCUT2D eigenvalue weighted by atomic mass is 32.2. The minimum atomic E-state index is -3.61. The van der Waals surface area contributed by atoms with Crippen LogP contribution in [0.15, 0.2) is 23.1 Å². The number of carbonyl (C=O) groups is 1. The molecular weight excluding hydrogens is 304 g/mol. The maximum absolute atomic E-state index is 12.7. The van der Waals surface area contributed by atoms with Crippen molar-refractivity contribution in [3.8, 4) is 5.75 Å². The summed E-state index contributed by atoms with van der Waals surface area (Å²) in [5.41, 5.74) is 6.08. The summed E-state index contributed by atoms with van der Waals surface area (Å²) in [4.78, 5) is 11.5. The van der Waals surface area contributed by atoms with Crippen LogP contribution in [0.1, 0.15) is 25.3 Å². The van der Waals surface area contributed by atoms with Gasteiger partial charge < -0.3 is 10.5 Å². The normalized spacial score (nSPS) is 19.8. The molecule has 1 heterocycles. The predicted molar refractivity (Wildman–Crippen MR) is 83.0 cm³/mol. The number of rotatable bonds is 5. The fourth-order valence-corrected chi connectivity index (χ4v) is 4.25. The van der Waals surface area contributed by atoms with Crippen LogP contribution in [0.4, 0.5) is 0 Å². The van der Waals surface area contributed by atoms with Gasteiger partial charge in [0.05, 0.1) is 17.4 Å². The van der Waals surface area contributed by atoms with E-state index in [1.54, 1.807) is 18.2 Å². The Morgan fingerprint density at radius 1 is 1.45 bits per heavy atom. The fourth-order valence-electron chi connectivity index (χ4n) is 2.64. The quantitative estimate of drug-likeness (QED) is 0.882. The molecule has 0 aromatic heterocycles. The number of nitrogens with zero attached hydrogens (tertiary/aromatic N) is 1. The van der Waals surface area contributed by atoms with Crippen LogP contribution < -0.4 is 10.5 Å². The van der Waals surface area contributed by atoms with E-state index in [-0.39, 0.29) is 11.4 Å². The van der Waals surface area contributed by atoms with Gasteiger partial charge in [0, 0.05) is 13.1 Å². The SMILES string of the molecule is CCOc1ccc(S(=O)(=O)N2CCCC(C(N)=O)C2)cc1C. The Balaban J connectivity index is 2.26. The van der Waals surface area contributed by atoms with Crippen LogP contribution in [0.3, 0.4) is 0 Å². The van der Waals surface area contributed by atoms with Crippen molar-refractivity contribution < 1.29 is 17.9 Å². The van der Waals surface area contributed by atoms with Gasteiger partial charge >= 0.3 is 0 Å². The van der Waals surface area contributed by atoms with Crippen molar-refractivity contribution in [3.05, 3.63) is 23.8 Å². The molecular formula is C15H22N2O4S. The molecule has 1 aromatic carbocycles. The Morgan fingerprint density at radius 2 is 2.18 bits per heavy atom. The van der Waals surface area contributed by atoms with E-state index in [9.17, 15) is 13.2 Å². The lowest BCUT2D eigenvalue weighted by atomic mass is 9.99. The molecule has 1 aliphatic rings. The summed E-state index contributed by atoms with van der Waals surface area (Å²) < 4.78 is 32.2. The highest BCUT2D eigenvalue weighted by Crippen LogP contribution is 2.27. The Hall–Kier alpha value is -1.60. The van der Waals surface area contributed by atoms with Crippen LogP contribution in [0.25, 0.3) is 0 Å². The summed E-state index contributed by atoms with van der Waals surface area (Å²) in [6.45, 7) is 4.79. The zero-order valence-corrected chi connectivity index (χ0v) is 13.7. The molecule has 2 rings (SSSR count). The molecule has 122 valence electrons. The summed E-state index contributed by atoms with van der Waals surface area (Å²) in [7, 11) is -3.61. The molecule has 7 heteroatoms. The van der Waals surface area contributed by atoms with Crippen LogP contribution in [-0.4, -0.2) is 38.3 Å². The fraction of sp³-hybridized carbons (Fsp3) is 0.533. The monoisotopic (exact) mass is 326 g/mol. The largest absolute Gasteiger partial charge is 0.494 e. The van der Waals surface area contributed by atoms with Crippen molar-refractivity contribution in [2.24, 2.45) is 11.7 Å². The molecule has 1 saturated heterocycles. The zero-order valence-electron chi connectivity index (χ0n) is 12.9. The predicted octanol–water partition coefficient (Wildman–Crippen LogP) is 1.28. The Morgan fingerprint density at radius 3 is 2.77 bits per heavy atom. The first-order valence-corrected chi connectivity index (χ1v) is 8.83. The van der Waals surface area contributed by atoms with E-state index >= 15 is 0 Å². The van der Waals surface area contributed by atoms with Gasteiger partial charge in [-0.2, -0.15) is 4.31 Å². The van der Waals surface area contributed by atoms with Crippen molar-refractivity contribution in [1.82, 2.24) is 4.31 Å². The summed E-state index contributed by atoms with van der Waals surface area (Å²) >= 11 is 0. The standard InChI is InChI=1S/C15H22N2O4S/c1-3-21-14-7-6-13(9-11(14)2)22(19,20)17-8-4-5-12(10-17)15(16)18/h6-7,9,12H,3-5,8,10H2,1-2H3,(H2,16,18). The second-order valence-corrected chi connectivity index (χ2v) is 7.40. The second-order valence-electron chi connectivity index (χ2n) is 5.46. The van der Waals surface area contributed by atoms with Gasteiger partial charge in [-0.15, -0.1) is 0 Å². The minimum Gasteiger partial charge on any atom is -0.494 e. The first-order valence-electron chi connectivity index (χ1n) is 7.39. The molecule has 0 radical (unpaired) electrons. The van der Waals surface area contributed by atoms with Crippen molar-refractivity contribution in [1.29, 1.82) is 0 Å². The van der Waals surface area contributed by atoms with Gasteiger partial charge in [0.25, 0.3) is 0 Å². The molecule has 1 unspecified atom stereocenters. The first-order chi connectivity index (χ1) is 10.4. The van der Waals surface area contributed by atoms with E-state index in [4.69, 9.17) is 10.5 Å². The number of primary amides is 1. The molecule has 1 aliphatic heterocycles. The van der Waals surface area contributed by atoms with Gasteiger partial charge in [0.2, 0.25) is 15.9 Å². The lowest BCUT2D eigenvalue weighted by Crippen LogP contribution is -2.44. The van der Waals surface area contributed by atoms with Crippen LogP contribution in [-0.2, 0) is 14.8 Å². The van der Waals surface area contributed by atoms with E-state index in [2.05, 4.69) is 0 Å². The van der Waals surface area contributed by atoms with E-state index in [0.717, 1.165) is 5.56 Å². The number of benzene rings is 1. The highest BCUT2D eigenvalue weighted by molar-refractivity contribution is 7.89. The molecule has 1 atom stereocenters. The van der Waals surface area contributed by atoms with Crippen molar-refractivity contribution in [3.63, 3.8) is 0 Å². The summed E-state index contributed by atoms with van der Waals surface area (Å²) in [6, 6.07) is 4.82. The van der Waals surface area contributed by atoms with Gasteiger partial charge in [-0.05, 0) is 50.5 Å². The smallest absolute Gasteiger partial charge is 0.243 e. The molecule has 1 aromatic rings. The number of aryl methyl sites for hydroxylation is 1. The van der Waals surface area contributed by atoms with Crippen molar-refractivity contribution in [2.75, 3.05) is 19.7 Å². The van der Waals surface area contributed by atoms with Crippen molar-refractivity contribution >= 4 is 15.9 Å². The highest BCUT2D eigenvalue weighted by Gasteiger charge is 2.32.